The lowest BCUT2D eigenvalue weighted by molar-refractivity contribution is -0.384. The van der Waals surface area contributed by atoms with Crippen molar-refractivity contribution in [2.45, 2.75) is 32.9 Å². The molecule has 0 atom stereocenters. The maximum Gasteiger partial charge on any atom is 0.288 e. The van der Waals surface area contributed by atoms with Gasteiger partial charge >= 0.3 is 0 Å². The highest BCUT2D eigenvalue weighted by Crippen LogP contribution is 2.26. The summed E-state index contributed by atoms with van der Waals surface area (Å²) in [5.74, 6) is 0.486. The molecule has 0 aliphatic heterocycles. The molecule has 0 spiro atoms. The van der Waals surface area contributed by atoms with Crippen LogP contribution in [0.4, 0.5) is 5.69 Å². The molecule has 3 aromatic rings. The van der Waals surface area contributed by atoms with Crippen molar-refractivity contribution in [3.63, 3.8) is 0 Å². The maximum absolute atomic E-state index is 13.1. The first-order chi connectivity index (χ1) is 15.5. The summed E-state index contributed by atoms with van der Waals surface area (Å²) in [7, 11) is 0. The standard InChI is InChI=1S/C25H25ClN2O4/c1-2-3-15-27(25(29)21-11-14-23(26)24(16-21)28(30)31)17-19-9-12-22(13-10-19)32-18-20-7-5-4-6-8-20/h4-14,16H,2-3,15,17-18H2,1H3. The van der Waals surface area contributed by atoms with Gasteiger partial charge in [-0.1, -0.05) is 67.4 Å². The third-order valence-corrected chi connectivity index (χ3v) is 5.32. The Morgan fingerprint density at radius 2 is 1.75 bits per heavy atom. The first kappa shape index (κ1) is 23.3. The highest BCUT2D eigenvalue weighted by atomic mass is 35.5. The fraction of sp³-hybridized carbons (Fsp3) is 0.240. The Morgan fingerprint density at radius 1 is 1.03 bits per heavy atom. The van der Waals surface area contributed by atoms with E-state index in [0.717, 1.165) is 29.7 Å². The van der Waals surface area contributed by atoms with Crippen LogP contribution in [0.1, 0.15) is 41.3 Å². The molecule has 7 heteroatoms. The number of carbonyl (C=O) groups is 1. The van der Waals surface area contributed by atoms with Crippen molar-refractivity contribution < 1.29 is 14.5 Å². The van der Waals surface area contributed by atoms with E-state index >= 15 is 0 Å². The number of nitro benzene ring substituents is 1. The summed E-state index contributed by atoms with van der Waals surface area (Å²) in [6.45, 7) is 3.48. The van der Waals surface area contributed by atoms with Crippen LogP contribution in [0.15, 0.2) is 72.8 Å². The molecule has 0 heterocycles. The summed E-state index contributed by atoms with van der Waals surface area (Å²) < 4.78 is 5.82. The number of benzene rings is 3. The average molecular weight is 453 g/mol. The molecule has 0 saturated carbocycles. The van der Waals surface area contributed by atoms with Crippen molar-refractivity contribution in [2.24, 2.45) is 0 Å². The van der Waals surface area contributed by atoms with Crippen LogP contribution in [0.5, 0.6) is 5.75 Å². The molecule has 0 fully saturated rings. The van der Waals surface area contributed by atoms with Crippen molar-refractivity contribution >= 4 is 23.2 Å². The van der Waals surface area contributed by atoms with E-state index in [1.807, 2.05) is 54.6 Å². The van der Waals surface area contributed by atoms with Gasteiger partial charge < -0.3 is 9.64 Å². The van der Waals surface area contributed by atoms with E-state index in [9.17, 15) is 14.9 Å². The van der Waals surface area contributed by atoms with Crippen LogP contribution in [0, 0.1) is 10.1 Å². The van der Waals surface area contributed by atoms with Crippen LogP contribution in [-0.2, 0) is 13.2 Å². The van der Waals surface area contributed by atoms with Crippen LogP contribution in [-0.4, -0.2) is 22.3 Å². The first-order valence-corrected chi connectivity index (χ1v) is 10.8. The topological polar surface area (TPSA) is 72.7 Å². The SMILES string of the molecule is CCCCN(Cc1ccc(OCc2ccccc2)cc1)C(=O)c1ccc(Cl)c([N+](=O)[O-])c1. The number of amides is 1. The smallest absolute Gasteiger partial charge is 0.288 e. The van der Waals surface area contributed by atoms with E-state index < -0.39 is 4.92 Å². The van der Waals surface area contributed by atoms with Gasteiger partial charge in [-0.25, -0.2) is 0 Å². The third-order valence-electron chi connectivity index (χ3n) is 5.00. The molecule has 0 aromatic heterocycles. The zero-order chi connectivity index (χ0) is 22.9. The predicted molar refractivity (Wildman–Crippen MR) is 125 cm³/mol. The lowest BCUT2D eigenvalue weighted by Crippen LogP contribution is -2.31. The fourth-order valence-electron chi connectivity index (χ4n) is 3.22. The Morgan fingerprint density at radius 3 is 2.41 bits per heavy atom. The molecule has 3 rings (SSSR count). The van der Waals surface area contributed by atoms with E-state index in [-0.39, 0.29) is 22.2 Å². The van der Waals surface area contributed by atoms with Gasteiger partial charge in [0.2, 0.25) is 0 Å². The Kier molecular flexibility index (Phi) is 8.22. The highest BCUT2D eigenvalue weighted by molar-refractivity contribution is 6.32. The van der Waals surface area contributed by atoms with Crippen LogP contribution >= 0.6 is 11.6 Å². The monoisotopic (exact) mass is 452 g/mol. The van der Waals surface area contributed by atoms with Gasteiger partial charge in [-0.3, -0.25) is 14.9 Å². The number of hydrogen-bond acceptors (Lipinski definition) is 4. The Bertz CT molecular complexity index is 1060. The molecule has 166 valence electrons. The number of rotatable bonds is 10. The largest absolute Gasteiger partial charge is 0.489 e. The summed E-state index contributed by atoms with van der Waals surface area (Å²) in [6, 6.07) is 21.7. The molecule has 6 nitrogen and oxygen atoms in total. The van der Waals surface area contributed by atoms with Crippen molar-refractivity contribution in [1.82, 2.24) is 4.90 Å². The number of halogens is 1. The molecule has 0 radical (unpaired) electrons. The van der Waals surface area contributed by atoms with Crippen LogP contribution < -0.4 is 4.74 Å². The summed E-state index contributed by atoms with van der Waals surface area (Å²) in [4.78, 5) is 25.4. The number of nitrogens with zero attached hydrogens (tertiary/aromatic N) is 2. The Labute approximate surface area is 192 Å². The molecule has 32 heavy (non-hydrogen) atoms. The number of hydrogen-bond donors (Lipinski definition) is 0. The van der Waals surface area contributed by atoms with E-state index in [1.165, 1.54) is 18.2 Å². The second kappa shape index (κ2) is 11.3. The molecule has 3 aromatic carbocycles. The molecule has 0 unspecified atom stereocenters. The normalized spacial score (nSPS) is 10.6. The molecule has 0 aliphatic rings. The summed E-state index contributed by atoms with van der Waals surface area (Å²) in [5, 5.41) is 11.2. The van der Waals surface area contributed by atoms with Crippen molar-refractivity contribution in [2.75, 3.05) is 6.54 Å². The molecule has 1 amide bonds. The Hall–Kier alpha value is -3.38. The third kappa shape index (κ3) is 6.31. The van der Waals surface area contributed by atoms with Crippen LogP contribution in [0.2, 0.25) is 5.02 Å². The van der Waals surface area contributed by atoms with E-state index in [0.29, 0.717) is 19.7 Å². The maximum atomic E-state index is 13.1. The van der Waals surface area contributed by atoms with Gasteiger partial charge in [0.25, 0.3) is 11.6 Å². The van der Waals surface area contributed by atoms with Gasteiger partial charge in [0.15, 0.2) is 0 Å². The van der Waals surface area contributed by atoms with Crippen LogP contribution in [0.3, 0.4) is 0 Å². The minimum atomic E-state index is -0.580. The fourth-order valence-corrected chi connectivity index (χ4v) is 3.41. The summed E-state index contributed by atoms with van der Waals surface area (Å²) >= 11 is 5.89. The second-order valence-electron chi connectivity index (χ2n) is 7.42. The zero-order valence-corrected chi connectivity index (χ0v) is 18.6. The molecule has 0 bridgehead atoms. The van der Waals surface area contributed by atoms with Crippen LogP contribution in [0.25, 0.3) is 0 Å². The van der Waals surface area contributed by atoms with E-state index in [4.69, 9.17) is 16.3 Å². The number of ether oxygens (including phenoxy) is 1. The molecular weight excluding hydrogens is 428 g/mol. The summed E-state index contributed by atoms with van der Waals surface area (Å²) in [6.07, 6.45) is 1.76. The van der Waals surface area contributed by atoms with Crippen molar-refractivity contribution in [3.8, 4) is 5.75 Å². The molecular formula is C25H25ClN2O4. The first-order valence-electron chi connectivity index (χ1n) is 10.5. The lowest BCUT2D eigenvalue weighted by atomic mass is 10.1. The quantitative estimate of drug-likeness (QED) is 0.268. The molecule has 0 N–H and O–H groups in total. The Balaban J connectivity index is 1.70. The van der Waals surface area contributed by atoms with Gasteiger partial charge in [0, 0.05) is 24.7 Å². The molecule has 0 saturated heterocycles. The number of nitro groups is 1. The number of unbranched alkanes of at least 4 members (excludes halogenated alkanes) is 1. The second-order valence-corrected chi connectivity index (χ2v) is 7.83. The van der Waals surface area contributed by atoms with Crippen molar-refractivity contribution in [3.05, 3.63) is 105 Å². The minimum Gasteiger partial charge on any atom is -0.489 e. The van der Waals surface area contributed by atoms with Gasteiger partial charge in [-0.05, 0) is 41.8 Å². The van der Waals surface area contributed by atoms with Gasteiger partial charge in [-0.15, -0.1) is 0 Å². The number of carbonyl (C=O) groups excluding carboxylic acids is 1. The highest BCUT2D eigenvalue weighted by Gasteiger charge is 2.20. The predicted octanol–water partition coefficient (Wildman–Crippen LogP) is 6.27. The minimum absolute atomic E-state index is 0.0118. The zero-order valence-electron chi connectivity index (χ0n) is 17.9. The summed E-state index contributed by atoms with van der Waals surface area (Å²) in [5.41, 5.74) is 2.02. The van der Waals surface area contributed by atoms with Crippen molar-refractivity contribution in [1.29, 1.82) is 0 Å². The van der Waals surface area contributed by atoms with Gasteiger partial charge in [-0.2, -0.15) is 0 Å². The average Bonchev–Trinajstić information content (AvgIpc) is 2.81. The van der Waals surface area contributed by atoms with E-state index in [2.05, 4.69) is 6.92 Å². The van der Waals surface area contributed by atoms with E-state index in [1.54, 1.807) is 4.90 Å². The van der Waals surface area contributed by atoms with Gasteiger partial charge in [0.05, 0.1) is 4.92 Å². The van der Waals surface area contributed by atoms with Gasteiger partial charge in [0.1, 0.15) is 17.4 Å². The lowest BCUT2D eigenvalue weighted by Gasteiger charge is -2.23. The molecule has 0 aliphatic carbocycles.